The maximum atomic E-state index is 13.5. The van der Waals surface area contributed by atoms with Crippen LogP contribution < -0.4 is 0 Å². The molecule has 1 aliphatic carbocycles. The van der Waals surface area contributed by atoms with Crippen molar-refractivity contribution in [1.29, 1.82) is 0 Å². The van der Waals surface area contributed by atoms with Crippen molar-refractivity contribution in [2.24, 2.45) is 5.41 Å². The Morgan fingerprint density at radius 1 is 1.07 bits per heavy atom. The summed E-state index contributed by atoms with van der Waals surface area (Å²) in [4.78, 5) is 0.326. The Hall–Kier alpha value is -1.73. The summed E-state index contributed by atoms with van der Waals surface area (Å²) >= 11 is 0. The van der Waals surface area contributed by atoms with Crippen LogP contribution in [0, 0.1) is 5.41 Å². The minimum absolute atomic E-state index is 0.0730. The molecule has 28 heavy (non-hydrogen) atoms. The van der Waals surface area contributed by atoms with Crippen molar-refractivity contribution in [2.45, 2.75) is 49.2 Å². The lowest BCUT2D eigenvalue weighted by Gasteiger charge is -2.47. The smallest absolute Gasteiger partial charge is 0.185 e. The molecule has 150 valence electrons. The van der Waals surface area contributed by atoms with E-state index >= 15 is 0 Å². The predicted octanol–water partition coefficient (Wildman–Crippen LogP) is 3.41. The molecule has 5 nitrogen and oxygen atoms in total. The summed E-state index contributed by atoms with van der Waals surface area (Å²) < 4.78 is 38.9. The second-order valence-electron chi connectivity index (χ2n) is 8.40. The van der Waals surface area contributed by atoms with Gasteiger partial charge in [0.15, 0.2) is 15.6 Å². The van der Waals surface area contributed by atoms with Gasteiger partial charge in [-0.25, -0.2) is 8.42 Å². The molecule has 1 heterocycles. The van der Waals surface area contributed by atoms with Gasteiger partial charge in [-0.05, 0) is 55.5 Å². The molecule has 1 fully saturated rings. The molecule has 6 heteroatoms. The maximum Gasteiger partial charge on any atom is 0.185 e. The van der Waals surface area contributed by atoms with Crippen molar-refractivity contribution in [1.82, 2.24) is 0 Å². The number of sulfone groups is 1. The van der Waals surface area contributed by atoms with Gasteiger partial charge in [0.1, 0.15) is 0 Å². The van der Waals surface area contributed by atoms with Crippen molar-refractivity contribution < 1.29 is 23.0 Å². The summed E-state index contributed by atoms with van der Waals surface area (Å²) in [6.45, 7) is 4.57. The van der Waals surface area contributed by atoms with Gasteiger partial charge >= 0.3 is 0 Å². The summed E-state index contributed by atoms with van der Waals surface area (Å²) in [6.07, 6.45) is 1.12. The second-order valence-corrected chi connectivity index (χ2v) is 10.5. The zero-order chi connectivity index (χ0) is 20.0. The van der Waals surface area contributed by atoms with E-state index in [1.165, 1.54) is 0 Å². The Balaban J connectivity index is 1.79. The first-order valence-corrected chi connectivity index (χ1v) is 11.1. The number of fused-ring (bicyclic) bond motifs is 1. The van der Waals surface area contributed by atoms with E-state index in [0.29, 0.717) is 31.0 Å². The van der Waals surface area contributed by atoms with Gasteiger partial charge in [0, 0.05) is 5.41 Å². The first kappa shape index (κ1) is 19.6. The topological polar surface area (TPSA) is 72.8 Å². The van der Waals surface area contributed by atoms with Gasteiger partial charge in [0.05, 0.1) is 30.0 Å². The summed E-state index contributed by atoms with van der Waals surface area (Å²) in [6, 6.07) is 14.2. The van der Waals surface area contributed by atoms with Crippen LogP contribution in [0.1, 0.15) is 42.2 Å². The largest absolute Gasteiger partial charge is 0.392 e. The Morgan fingerprint density at radius 2 is 1.75 bits per heavy atom. The Kier molecular flexibility index (Phi) is 4.86. The average Bonchev–Trinajstić information content (AvgIpc) is 2.70. The molecule has 4 rings (SSSR count). The predicted molar refractivity (Wildman–Crippen MR) is 105 cm³/mol. The summed E-state index contributed by atoms with van der Waals surface area (Å²) in [5.41, 5.74) is 2.15. The molecule has 1 saturated heterocycles. The Labute approximate surface area is 166 Å². The lowest BCUT2D eigenvalue weighted by Crippen LogP contribution is -2.50. The normalized spacial score (nSPS) is 23.3. The fourth-order valence-electron chi connectivity index (χ4n) is 4.21. The van der Waals surface area contributed by atoms with Gasteiger partial charge in [-0.15, -0.1) is 0 Å². The molecule has 0 radical (unpaired) electrons. The lowest BCUT2D eigenvalue weighted by molar-refractivity contribution is -0.287. The van der Waals surface area contributed by atoms with Crippen LogP contribution in [0.4, 0.5) is 0 Å². The average molecular weight is 403 g/mol. The van der Waals surface area contributed by atoms with E-state index in [2.05, 4.69) is 0 Å². The van der Waals surface area contributed by atoms with Crippen molar-refractivity contribution in [2.75, 3.05) is 13.2 Å². The number of rotatable bonds is 3. The molecule has 1 unspecified atom stereocenters. The fraction of sp³-hybridized carbons (Fsp3) is 0.455. The fourth-order valence-corrected chi connectivity index (χ4v) is 6.21. The second kappa shape index (κ2) is 6.95. The third kappa shape index (κ3) is 3.50. The maximum absolute atomic E-state index is 13.5. The van der Waals surface area contributed by atoms with Gasteiger partial charge in [0.25, 0.3) is 0 Å². The number of benzene rings is 2. The van der Waals surface area contributed by atoms with Gasteiger partial charge in [-0.3, -0.25) is 0 Å². The highest BCUT2D eigenvalue weighted by Gasteiger charge is 2.48. The van der Waals surface area contributed by atoms with Gasteiger partial charge in [-0.2, -0.15) is 0 Å². The minimum Gasteiger partial charge on any atom is -0.392 e. The molecular formula is C22H26O5S. The number of aliphatic hydroxyl groups excluding tert-OH is 1. The summed E-state index contributed by atoms with van der Waals surface area (Å²) in [5, 5.41) is 8.88. The molecule has 0 bridgehead atoms. The number of aliphatic hydroxyl groups is 1. The van der Waals surface area contributed by atoms with Crippen LogP contribution in [0.3, 0.4) is 0 Å². The molecule has 1 atom stereocenters. The Morgan fingerprint density at radius 3 is 2.39 bits per heavy atom. The standard InChI is InChI=1S/C22H26O5S/c1-21(2)26-14-22(15-27-21)11-17-10-16(13-23)8-9-19(17)20(12-22)28(24,25)18-6-4-3-5-7-18/h3-10,20,23H,11-15H2,1-2H3. The van der Waals surface area contributed by atoms with Crippen LogP contribution in [0.25, 0.3) is 0 Å². The highest BCUT2D eigenvalue weighted by molar-refractivity contribution is 7.91. The van der Waals surface area contributed by atoms with Crippen LogP contribution in [0.2, 0.25) is 0 Å². The van der Waals surface area contributed by atoms with Gasteiger partial charge in [0.2, 0.25) is 0 Å². The molecule has 0 amide bonds. The molecule has 1 N–H and O–H groups in total. The number of hydrogen-bond donors (Lipinski definition) is 1. The molecule has 1 spiro atoms. The zero-order valence-electron chi connectivity index (χ0n) is 16.2. The van der Waals surface area contributed by atoms with Crippen LogP contribution in [0.15, 0.2) is 53.4 Å². The van der Waals surface area contributed by atoms with Crippen molar-refractivity contribution >= 4 is 9.84 Å². The van der Waals surface area contributed by atoms with Crippen LogP contribution in [0.5, 0.6) is 0 Å². The summed E-state index contributed by atoms with van der Waals surface area (Å²) in [7, 11) is -3.57. The Bertz CT molecular complexity index is 956. The molecule has 0 saturated carbocycles. The molecule has 1 aliphatic heterocycles. The quantitative estimate of drug-likeness (QED) is 0.852. The van der Waals surface area contributed by atoms with E-state index in [9.17, 15) is 13.5 Å². The minimum atomic E-state index is -3.57. The lowest BCUT2D eigenvalue weighted by atomic mass is 9.71. The SMILES string of the molecule is CC1(C)OCC2(CO1)Cc1cc(CO)ccc1C(S(=O)(=O)c1ccccc1)C2. The third-order valence-electron chi connectivity index (χ3n) is 5.82. The first-order chi connectivity index (χ1) is 13.2. The monoisotopic (exact) mass is 402 g/mol. The summed E-state index contributed by atoms with van der Waals surface area (Å²) in [5.74, 6) is -0.660. The van der Waals surface area contributed by atoms with Crippen LogP contribution >= 0.6 is 0 Å². The molecular weight excluding hydrogens is 376 g/mol. The molecule has 2 aromatic carbocycles. The zero-order valence-corrected chi connectivity index (χ0v) is 17.0. The van der Waals surface area contributed by atoms with Crippen molar-refractivity contribution in [3.63, 3.8) is 0 Å². The van der Waals surface area contributed by atoms with E-state index in [0.717, 1.165) is 16.7 Å². The van der Waals surface area contributed by atoms with Gasteiger partial charge < -0.3 is 14.6 Å². The van der Waals surface area contributed by atoms with E-state index in [-0.39, 0.29) is 6.61 Å². The molecule has 2 aliphatic rings. The number of hydrogen-bond acceptors (Lipinski definition) is 5. The number of ether oxygens (including phenoxy) is 2. The third-order valence-corrected chi connectivity index (χ3v) is 7.92. The molecule has 2 aromatic rings. The van der Waals surface area contributed by atoms with E-state index < -0.39 is 26.3 Å². The van der Waals surface area contributed by atoms with E-state index in [1.807, 2.05) is 32.0 Å². The molecule has 0 aromatic heterocycles. The highest BCUT2D eigenvalue weighted by atomic mass is 32.2. The van der Waals surface area contributed by atoms with Crippen LogP contribution in [-0.4, -0.2) is 32.5 Å². The van der Waals surface area contributed by atoms with E-state index in [1.54, 1.807) is 30.3 Å². The van der Waals surface area contributed by atoms with Crippen molar-refractivity contribution in [3.8, 4) is 0 Å². The van der Waals surface area contributed by atoms with Crippen LogP contribution in [-0.2, 0) is 32.3 Å². The van der Waals surface area contributed by atoms with Gasteiger partial charge in [-0.1, -0.05) is 36.4 Å². The highest BCUT2D eigenvalue weighted by Crippen LogP contribution is 2.49. The van der Waals surface area contributed by atoms with Crippen molar-refractivity contribution in [3.05, 3.63) is 65.2 Å². The van der Waals surface area contributed by atoms with E-state index in [4.69, 9.17) is 9.47 Å². The first-order valence-electron chi connectivity index (χ1n) is 9.54.